The van der Waals surface area contributed by atoms with Crippen molar-refractivity contribution in [1.82, 2.24) is 0 Å². The molecule has 1 rings (SSSR count). The average molecular weight is 360 g/mol. The zero-order valence-electron chi connectivity index (χ0n) is 10.1. The number of hydrogen-bond donors (Lipinski definition) is 0. The maximum atomic E-state index is 5.40. The molecule has 0 aliphatic carbocycles. The van der Waals surface area contributed by atoms with Gasteiger partial charge in [0, 0.05) is 10.8 Å². The van der Waals surface area contributed by atoms with Crippen LogP contribution in [0.15, 0.2) is 0 Å². The standard InChI is InChI=1S/C11H21IO5/c12-2-4-14-6-8-15-7-5-13-3-1-11-16-9-10-17-11/h11H,1-10H2. The van der Waals surface area contributed by atoms with Crippen molar-refractivity contribution in [2.24, 2.45) is 0 Å². The van der Waals surface area contributed by atoms with E-state index in [0.29, 0.717) is 46.2 Å². The molecule has 6 heteroatoms. The van der Waals surface area contributed by atoms with Crippen LogP contribution in [-0.4, -0.2) is 63.6 Å². The van der Waals surface area contributed by atoms with Crippen molar-refractivity contribution in [3.05, 3.63) is 0 Å². The Bertz CT molecular complexity index is 164. The Morgan fingerprint density at radius 2 is 1.35 bits per heavy atom. The van der Waals surface area contributed by atoms with Crippen LogP contribution in [0, 0.1) is 0 Å². The second-order valence-electron chi connectivity index (χ2n) is 3.49. The Hall–Kier alpha value is 0.530. The Morgan fingerprint density at radius 1 is 0.824 bits per heavy atom. The molecule has 0 aromatic carbocycles. The van der Waals surface area contributed by atoms with Crippen LogP contribution in [-0.2, 0) is 23.7 Å². The Morgan fingerprint density at radius 3 is 1.94 bits per heavy atom. The van der Waals surface area contributed by atoms with E-state index < -0.39 is 0 Å². The van der Waals surface area contributed by atoms with Crippen LogP contribution in [0.5, 0.6) is 0 Å². The average Bonchev–Trinajstić information content (AvgIpc) is 2.85. The van der Waals surface area contributed by atoms with Crippen LogP contribution in [0.2, 0.25) is 0 Å². The van der Waals surface area contributed by atoms with Crippen LogP contribution in [0.3, 0.4) is 0 Å². The molecular formula is C11H21IO5. The lowest BCUT2D eigenvalue weighted by Crippen LogP contribution is -2.14. The van der Waals surface area contributed by atoms with E-state index in [0.717, 1.165) is 17.5 Å². The summed E-state index contributed by atoms with van der Waals surface area (Å²) in [5.41, 5.74) is 0. The predicted molar refractivity (Wildman–Crippen MR) is 71.7 cm³/mol. The van der Waals surface area contributed by atoms with Crippen molar-refractivity contribution >= 4 is 22.6 Å². The third-order valence-electron chi connectivity index (χ3n) is 2.15. The van der Waals surface area contributed by atoms with Gasteiger partial charge in [-0.05, 0) is 0 Å². The van der Waals surface area contributed by atoms with Gasteiger partial charge in [-0.1, -0.05) is 22.6 Å². The van der Waals surface area contributed by atoms with E-state index >= 15 is 0 Å². The molecule has 0 unspecified atom stereocenters. The number of halogens is 1. The van der Waals surface area contributed by atoms with Gasteiger partial charge in [0.15, 0.2) is 6.29 Å². The van der Waals surface area contributed by atoms with Gasteiger partial charge in [0.25, 0.3) is 0 Å². The predicted octanol–water partition coefficient (Wildman–Crippen LogP) is 1.23. The third kappa shape index (κ3) is 9.15. The number of rotatable bonds is 11. The fraction of sp³-hybridized carbons (Fsp3) is 1.00. The van der Waals surface area contributed by atoms with Gasteiger partial charge in [-0.3, -0.25) is 0 Å². The first kappa shape index (κ1) is 15.6. The van der Waals surface area contributed by atoms with Crippen LogP contribution >= 0.6 is 22.6 Å². The number of hydrogen-bond acceptors (Lipinski definition) is 5. The number of alkyl halides is 1. The van der Waals surface area contributed by atoms with Gasteiger partial charge in [-0.2, -0.15) is 0 Å². The van der Waals surface area contributed by atoms with Gasteiger partial charge in [0.1, 0.15) is 0 Å². The summed E-state index contributed by atoms with van der Waals surface area (Å²) in [6, 6.07) is 0. The van der Waals surface area contributed by atoms with Gasteiger partial charge in [0.2, 0.25) is 0 Å². The lowest BCUT2D eigenvalue weighted by Gasteiger charge is -2.09. The fourth-order valence-corrected chi connectivity index (χ4v) is 1.66. The SMILES string of the molecule is ICCOCCOCCOCCC1OCCO1. The second kappa shape index (κ2) is 11.6. The molecule has 0 amide bonds. The summed E-state index contributed by atoms with van der Waals surface area (Å²) in [4.78, 5) is 0. The highest BCUT2D eigenvalue weighted by atomic mass is 127. The molecule has 1 fully saturated rings. The summed E-state index contributed by atoms with van der Waals surface area (Å²) in [5, 5.41) is 0. The van der Waals surface area contributed by atoms with E-state index in [2.05, 4.69) is 22.6 Å². The maximum absolute atomic E-state index is 5.40. The smallest absolute Gasteiger partial charge is 0.160 e. The van der Waals surface area contributed by atoms with Gasteiger partial charge in [-0.25, -0.2) is 0 Å². The molecular weight excluding hydrogens is 339 g/mol. The van der Waals surface area contributed by atoms with Crippen molar-refractivity contribution in [2.75, 3.05) is 57.3 Å². The zero-order valence-corrected chi connectivity index (χ0v) is 12.2. The molecule has 0 saturated carbocycles. The molecule has 0 aromatic heterocycles. The van der Waals surface area contributed by atoms with Crippen molar-refractivity contribution in [1.29, 1.82) is 0 Å². The lowest BCUT2D eigenvalue weighted by molar-refractivity contribution is -0.0656. The largest absolute Gasteiger partial charge is 0.379 e. The molecule has 0 spiro atoms. The molecule has 0 bridgehead atoms. The summed E-state index contributed by atoms with van der Waals surface area (Å²) in [6.45, 7) is 5.36. The van der Waals surface area contributed by atoms with Crippen LogP contribution in [0.25, 0.3) is 0 Å². The van der Waals surface area contributed by atoms with Crippen molar-refractivity contribution in [3.8, 4) is 0 Å². The molecule has 1 aliphatic rings. The van der Waals surface area contributed by atoms with Crippen LogP contribution in [0.4, 0.5) is 0 Å². The van der Waals surface area contributed by atoms with Gasteiger partial charge >= 0.3 is 0 Å². The molecule has 1 heterocycles. The highest BCUT2D eigenvalue weighted by Gasteiger charge is 2.14. The number of ether oxygens (including phenoxy) is 5. The second-order valence-corrected chi connectivity index (χ2v) is 4.56. The van der Waals surface area contributed by atoms with E-state index in [1.807, 2.05) is 0 Å². The summed E-state index contributed by atoms with van der Waals surface area (Å²) < 4.78 is 27.6. The monoisotopic (exact) mass is 360 g/mol. The van der Waals surface area contributed by atoms with Crippen LogP contribution < -0.4 is 0 Å². The highest BCUT2D eigenvalue weighted by molar-refractivity contribution is 14.1. The van der Waals surface area contributed by atoms with E-state index in [-0.39, 0.29) is 6.29 Å². The van der Waals surface area contributed by atoms with Gasteiger partial charge in [0.05, 0.1) is 52.9 Å². The molecule has 0 aromatic rings. The molecule has 0 atom stereocenters. The van der Waals surface area contributed by atoms with E-state index in [9.17, 15) is 0 Å². The van der Waals surface area contributed by atoms with Crippen LogP contribution in [0.1, 0.15) is 6.42 Å². The van der Waals surface area contributed by atoms with Crippen molar-refractivity contribution in [2.45, 2.75) is 12.7 Å². The highest BCUT2D eigenvalue weighted by Crippen LogP contribution is 2.07. The maximum Gasteiger partial charge on any atom is 0.160 e. The van der Waals surface area contributed by atoms with Gasteiger partial charge < -0.3 is 23.7 Å². The summed E-state index contributed by atoms with van der Waals surface area (Å²) in [6.07, 6.45) is 0.719. The Kier molecular flexibility index (Phi) is 10.6. The molecule has 1 saturated heterocycles. The lowest BCUT2D eigenvalue weighted by atomic mass is 10.4. The summed E-state index contributed by atoms with van der Waals surface area (Å²) >= 11 is 2.28. The topological polar surface area (TPSA) is 46.2 Å². The van der Waals surface area contributed by atoms with Crippen molar-refractivity contribution < 1.29 is 23.7 Å². The first-order chi connectivity index (χ1) is 8.43. The molecule has 0 radical (unpaired) electrons. The fourth-order valence-electron chi connectivity index (χ4n) is 1.35. The van der Waals surface area contributed by atoms with E-state index in [4.69, 9.17) is 23.7 Å². The third-order valence-corrected chi connectivity index (χ3v) is 2.59. The Labute approximate surface area is 116 Å². The van der Waals surface area contributed by atoms with Gasteiger partial charge in [-0.15, -0.1) is 0 Å². The molecule has 102 valence electrons. The molecule has 5 nitrogen and oxygen atoms in total. The quantitative estimate of drug-likeness (QED) is 0.315. The summed E-state index contributed by atoms with van der Waals surface area (Å²) in [7, 11) is 0. The van der Waals surface area contributed by atoms with E-state index in [1.54, 1.807) is 0 Å². The minimum Gasteiger partial charge on any atom is -0.379 e. The minimum absolute atomic E-state index is 0.0717. The zero-order chi connectivity index (χ0) is 12.2. The molecule has 17 heavy (non-hydrogen) atoms. The normalized spacial score (nSPS) is 16.8. The van der Waals surface area contributed by atoms with Crippen molar-refractivity contribution in [3.63, 3.8) is 0 Å². The first-order valence-electron chi connectivity index (χ1n) is 5.96. The first-order valence-corrected chi connectivity index (χ1v) is 7.48. The summed E-state index contributed by atoms with van der Waals surface area (Å²) in [5.74, 6) is 0. The molecule has 1 aliphatic heterocycles. The Balaban J connectivity index is 1.69. The van der Waals surface area contributed by atoms with E-state index in [1.165, 1.54) is 0 Å². The molecule has 0 N–H and O–H groups in total. The minimum atomic E-state index is -0.0717.